The number of carbonyl (C=O) groups excluding carboxylic acids is 1. The number of anilines is 2. The Morgan fingerprint density at radius 1 is 0.628 bits per heavy atom. The van der Waals surface area contributed by atoms with Gasteiger partial charge in [0.25, 0.3) is 0 Å². The van der Waals surface area contributed by atoms with Crippen LogP contribution in [-0.2, 0) is 35.1 Å². The maximum atomic E-state index is 13.4. The number of aromatic nitrogens is 9. The molecule has 0 unspecified atom stereocenters. The number of aliphatic imine (C=N–C) groups is 2. The Kier molecular flexibility index (Phi) is 26.4. The van der Waals surface area contributed by atoms with E-state index in [1.165, 1.54) is 17.9 Å². The third-order valence-electron chi connectivity index (χ3n) is 12.0. The second-order valence-corrected chi connectivity index (χ2v) is 20.8. The van der Waals surface area contributed by atoms with E-state index < -0.39 is 44.9 Å². The average Bonchev–Trinajstić information content (AvgIpc) is 4.14. The number of hydrogen-bond donors (Lipinski definition) is 7. The predicted octanol–water partition coefficient (Wildman–Crippen LogP) is 7.59. The minimum Gasteiger partial charge on any atom is -0.476 e. The van der Waals surface area contributed by atoms with Crippen LogP contribution >= 0.6 is 21.4 Å². The third-order valence-corrected chi connectivity index (χ3v) is 12.0. The summed E-state index contributed by atoms with van der Waals surface area (Å²) in [7, 11) is 14.9. The minimum atomic E-state index is -2.62. The van der Waals surface area contributed by atoms with E-state index in [9.17, 15) is 44.7 Å². The maximum absolute atomic E-state index is 13.4. The van der Waals surface area contributed by atoms with Crippen LogP contribution in [-0.4, -0.2) is 145 Å². The molecule has 0 atom stereocenters. The van der Waals surface area contributed by atoms with Crippen LogP contribution in [0.2, 0.25) is 0 Å². The Morgan fingerprint density at radius 3 is 1.26 bits per heavy atom. The number of guanidine groups is 2. The number of halogens is 10. The Bertz CT molecular complexity index is 2460. The van der Waals surface area contributed by atoms with Gasteiger partial charge in [0.2, 0.25) is 44.8 Å². The molecule has 0 aromatic carbocycles. The highest BCUT2D eigenvalue weighted by Gasteiger charge is 2.38. The number of nitrogens with zero attached hydrogens (tertiary/aromatic N) is 11. The number of esters is 1. The number of hydrogen-bond acceptors (Lipinski definition) is 15. The summed E-state index contributed by atoms with van der Waals surface area (Å²) >= 11 is 0. The molecule has 4 saturated carbocycles. The maximum Gasteiger partial charge on any atom is 0.358 e. The lowest BCUT2D eigenvalue weighted by atomic mass is 9.92. The summed E-state index contributed by atoms with van der Waals surface area (Å²) in [6.45, 7) is 0. The molecule has 78 heavy (non-hydrogen) atoms. The van der Waals surface area contributed by atoms with Crippen LogP contribution in [0.1, 0.15) is 124 Å². The van der Waals surface area contributed by atoms with Crippen LogP contribution in [0.15, 0.2) is 46.8 Å². The highest BCUT2D eigenvalue weighted by Crippen LogP contribution is 2.37. The van der Waals surface area contributed by atoms with Gasteiger partial charge in [0.1, 0.15) is 5.69 Å². The van der Waals surface area contributed by atoms with Gasteiger partial charge in [-0.1, -0.05) is 0 Å². The first-order valence-electron chi connectivity index (χ1n) is 24.2. The fraction of sp³-hybridized carbons (Fsp3) is 0.644. The molecule has 22 nitrogen and oxygen atoms in total. The zero-order valence-corrected chi connectivity index (χ0v) is 45.7. The number of aromatic carboxylic acids is 1. The second-order valence-electron chi connectivity index (χ2n) is 18.3. The SMILES string of the molecule is CO.COC(=O)c1ccn(C)n1.Cn1ccc(-c2nc(NC3CCC(F)(F)CC3)nc(NC3CCC(F)(F)CC3)n2)n1.Cn1ccc(C(=O)O)n1.NC(=NC1CCC(F)(F)CC1)NC(N)=NC1CCC(F)(F)CC1.O=S(Cl)Cl. The Balaban J connectivity index is 0.000000291. The molecule has 4 aliphatic carbocycles. The summed E-state index contributed by atoms with van der Waals surface area (Å²) in [6.07, 6.45) is 5.87. The molecule has 4 aliphatic rings. The molecular weight excluding hydrogens is 1120 g/mol. The summed E-state index contributed by atoms with van der Waals surface area (Å²) in [5, 5.41) is 35.9. The number of aryl methyl sites for hydroxylation is 3. The van der Waals surface area contributed by atoms with Crippen LogP contribution in [0, 0.1) is 0 Å². The number of nitrogens with one attached hydrogen (secondary N) is 3. The van der Waals surface area contributed by atoms with Crippen molar-refractivity contribution in [3.05, 3.63) is 48.2 Å². The van der Waals surface area contributed by atoms with E-state index >= 15 is 0 Å². The lowest BCUT2D eigenvalue weighted by Gasteiger charge is -2.29. The second kappa shape index (κ2) is 31.0. The summed E-state index contributed by atoms with van der Waals surface area (Å²) in [5.41, 5.74) is 12.3. The lowest BCUT2D eigenvalue weighted by molar-refractivity contribution is -0.0378. The smallest absolute Gasteiger partial charge is 0.358 e. The zero-order chi connectivity index (χ0) is 58.4. The Morgan fingerprint density at radius 2 is 0.962 bits per heavy atom. The molecule has 0 aliphatic heterocycles. The number of ether oxygens (including phenoxy) is 1. The topological polar surface area (TPSA) is 306 Å². The number of carboxylic acid groups (broad SMARTS) is 1. The standard InChI is InChI=1S/C19H25F4N7.C14H23F4N5.C6H8N2O2.C5H6N2O2.CH4O.Cl2OS/c1-30-11-6-14(29-30)15-26-16(24-12-2-7-18(20,21)8-3-12)28-17(27-15)25-13-4-9-19(22,23)10-5-13;15-13(16)5-1-9(2-6-13)21-11(19)23-12(20)22-10-3-7-14(17,18)8-4-10;1-8-4-3-5(7-8)6(9)10-2;1-7-3-2-4(6-7)5(8)9;1-2;1-4(2)3/h6,11-13H,2-5,7-10H2,1H3,(H2,24,25,26,27,28);9-10H,1-8H2,(H5,19,20,21,22,23);3-4H,1-2H3;2-3H,1H3,(H,8,9);2H,1H3;. The molecular formula is C45H66Cl2F8N16O6S. The molecule has 4 aromatic rings. The number of alkyl halides is 8. The number of aliphatic hydroxyl groups is 1. The van der Waals surface area contributed by atoms with Crippen molar-refractivity contribution in [1.82, 2.24) is 49.6 Å². The van der Waals surface area contributed by atoms with Gasteiger partial charge in [-0.3, -0.25) is 19.4 Å². The van der Waals surface area contributed by atoms with Gasteiger partial charge < -0.3 is 37.1 Å². The van der Waals surface area contributed by atoms with Crippen LogP contribution in [0.5, 0.6) is 0 Å². The molecule has 0 radical (unpaired) electrons. The number of methoxy groups -OCH3 is 1. The van der Waals surface area contributed by atoms with Gasteiger partial charge in [-0.2, -0.15) is 30.2 Å². The van der Waals surface area contributed by atoms with Gasteiger partial charge in [-0.25, -0.2) is 58.9 Å². The predicted molar refractivity (Wildman–Crippen MR) is 277 cm³/mol. The first kappa shape index (κ1) is 66.3. The van der Waals surface area contributed by atoms with Crippen LogP contribution in [0.4, 0.5) is 47.0 Å². The largest absolute Gasteiger partial charge is 0.476 e. The fourth-order valence-electron chi connectivity index (χ4n) is 7.94. The molecule has 33 heteroatoms. The normalized spacial score (nSPS) is 19.2. The van der Waals surface area contributed by atoms with Crippen LogP contribution < -0.4 is 27.4 Å². The van der Waals surface area contributed by atoms with Gasteiger partial charge in [-0.05, 0) is 69.6 Å². The van der Waals surface area contributed by atoms with E-state index in [1.807, 2.05) is 0 Å². The molecule has 0 bridgehead atoms. The Hall–Kier alpha value is -5.95. The number of carboxylic acids is 1. The Labute approximate surface area is 456 Å². The van der Waals surface area contributed by atoms with E-state index in [4.69, 9.17) is 25.9 Å². The van der Waals surface area contributed by atoms with E-state index in [0.29, 0.717) is 42.9 Å². The third kappa shape index (κ3) is 25.2. The van der Waals surface area contributed by atoms with Crippen molar-refractivity contribution in [2.75, 3.05) is 24.9 Å². The number of rotatable bonds is 9. The van der Waals surface area contributed by atoms with Crippen molar-refractivity contribution in [1.29, 1.82) is 0 Å². The number of nitrogens with two attached hydrogens (primary N) is 2. The van der Waals surface area contributed by atoms with Gasteiger partial charge in [0.05, 0.1) is 19.2 Å². The molecule has 0 saturated heterocycles. The molecule has 4 aromatic heterocycles. The van der Waals surface area contributed by atoms with Crippen molar-refractivity contribution >= 4 is 66.3 Å². The molecule has 9 N–H and O–H groups in total. The molecule has 0 amide bonds. The number of carbonyl (C=O) groups is 2. The molecule has 4 fully saturated rings. The molecule has 4 heterocycles. The van der Waals surface area contributed by atoms with E-state index in [2.05, 4.69) is 82.3 Å². The highest BCUT2D eigenvalue weighted by molar-refractivity contribution is 8.26. The quantitative estimate of drug-likeness (QED) is 0.0279. The highest BCUT2D eigenvalue weighted by atomic mass is 36.0. The summed E-state index contributed by atoms with van der Waals surface area (Å²) in [5.74, 6) is -11.0. The first-order valence-corrected chi connectivity index (χ1v) is 27.0. The van der Waals surface area contributed by atoms with E-state index in [-0.39, 0.29) is 131 Å². The zero-order valence-electron chi connectivity index (χ0n) is 43.4. The first-order chi connectivity index (χ1) is 36.5. The average molecular weight is 1180 g/mol. The lowest BCUT2D eigenvalue weighted by Crippen LogP contribution is -2.43. The van der Waals surface area contributed by atoms with Gasteiger partial charge in [0.15, 0.2) is 29.1 Å². The van der Waals surface area contributed by atoms with Gasteiger partial charge in [-0.15, -0.1) is 0 Å². The van der Waals surface area contributed by atoms with Crippen molar-refractivity contribution in [2.45, 2.75) is 151 Å². The van der Waals surface area contributed by atoms with Crippen molar-refractivity contribution < 1.29 is 63.9 Å². The van der Waals surface area contributed by atoms with E-state index in [0.717, 1.165) is 7.11 Å². The summed E-state index contributed by atoms with van der Waals surface area (Å²) in [4.78, 5) is 42.3. The fourth-order valence-corrected chi connectivity index (χ4v) is 7.94. The summed E-state index contributed by atoms with van der Waals surface area (Å²) < 4.78 is 124. The summed E-state index contributed by atoms with van der Waals surface area (Å²) in [6, 6.07) is 3.96. The van der Waals surface area contributed by atoms with Gasteiger partial charge in [0, 0.05) is 132 Å². The van der Waals surface area contributed by atoms with Crippen LogP contribution in [0.3, 0.4) is 0 Å². The minimum absolute atomic E-state index is 0.0163. The monoisotopic (exact) mass is 1180 g/mol. The van der Waals surface area contributed by atoms with Crippen molar-refractivity contribution in [3.63, 3.8) is 0 Å². The van der Waals surface area contributed by atoms with Crippen molar-refractivity contribution in [2.24, 2.45) is 42.6 Å². The van der Waals surface area contributed by atoms with Crippen molar-refractivity contribution in [3.8, 4) is 11.5 Å². The van der Waals surface area contributed by atoms with E-state index in [1.54, 1.807) is 61.2 Å². The molecule has 8 rings (SSSR count). The molecule has 0 spiro atoms. The van der Waals surface area contributed by atoms with Crippen LogP contribution in [0.25, 0.3) is 11.5 Å². The number of aliphatic hydroxyl groups excluding tert-OH is 1. The molecule has 438 valence electrons. The van der Waals surface area contributed by atoms with Gasteiger partial charge >= 0.3 is 11.9 Å².